The first-order valence-electron chi connectivity index (χ1n) is 7.61. The minimum atomic E-state index is 0.558. The molecule has 21 heavy (non-hydrogen) atoms. The highest BCUT2D eigenvalue weighted by atomic mass is 16.5. The Morgan fingerprint density at radius 3 is 2.38 bits per heavy atom. The molecule has 1 rings (SSSR count). The monoisotopic (exact) mass is 290 g/mol. The van der Waals surface area contributed by atoms with Crippen LogP contribution in [0.5, 0.6) is 11.5 Å². The number of para-hydroxylation sites is 2. The lowest BCUT2D eigenvalue weighted by atomic mass is 10.2. The predicted octanol–water partition coefficient (Wildman–Crippen LogP) is 3.34. The molecular weight excluding hydrogens is 264 g/mol. The van der Waals surface area contributed by atoms with Crippen LogP contribution in [0, 0.1) is 17.2 Å². The van der Waals surface area contributed by atoms with E-state index in [9.17, 15) is 0 Å². The van der Waals surface area contributed by atoms with E-state index in [1.54, 1.807) is 0 Å². The van der Waals surface area contributed by atoms with Crippen molar-refractivity contribution < 1.29 is 9.47 Å². The van der Waals surface area contributed by atoms with Gasteiger partial charge in [-0.3, -0.25) is 4.90 Å². The molecule has 116 valence electrons. The van der Waals surface area contributed by atoms with Crippen molar-refractivity contribution in [3.8, 4) is 17.6 Å². The number of benzene rings is 1. The van der Waals surface area contributed by atoms with Crippen molar-refractivity contribution >= 4 is 0 Å². The Morgan fingerprint density at radius 1 is 1.14 bits per heavy atom. The first kappa shape index (κ1) is 17.3. The summed E-state index contributed by atoms with van der Waals surface area (Å²) < 4.78 is 11.4. The summed E-state index contributed by atoms with van der Waals surface area (Å²) in [6, 6.07) is 9.93. The van der Waals surface area contributed by atoms with Gasteiger partial charge in [-0.2, -0.15) is 5.26 Å². The van der Waals surface area contributed by atoms with E-state index in [0.29, 0.717) is 25.6 Å². The lowest BCUT2D eigenvalue weighted by Gasteiger charge is -2.23. The van der Waals surface area contributed by atoms with Gasteiger partial charge in [0.2, 0.25) is 0 Å². The summed E-state index contributed by atoms with van der Waals surface area (Å²) in [5, 5.41) is 8.72. The first-order valence-corrected chi connectivity index (χ1v) is 7.61. The topological polar surface area (TPSA) is 45.5 Å². The van der Waals surface area contributed by atoms with Crippen molar-refractivity contribution in [3.63, 3.8) is 0 Å². The van der Waals surface area contributed by atoms with Gasteiger partial charge in [0.1, 0.15) is 6.61 Å². The Morgan fingerprint density at radius 2 is 1.81 bits per heavy atom. The molecule has 0 unspecified atom stereocenters. The molecule has 0 radical (unpaired) electrons. The van der Waals surface area contributed by atoms with Crippen LogP contribution in [0.1, 0.15) is 27.2 Å². The number of ether oxygens (including phenoxy) is 2. The minimum absolute atomic E-state index is 0.558. The van der Waals surface area contributed by atoms with Crippen molar-refractivity contribution in [1.82, 2.24) is 4.90 Å². The molecule has 4 heteroatoms. The molecule has 0 saturated heterocycles. The molecular formula is C17H26N2O2. The Hall–Kier alpha value is -1.73. The molecule has 0 aliphatic heterocycles. The summed E-state index contributed by atoms with van der Waals surface area (Å²) in [5.74, 6) is 2.15. The van der Waals surface area contributed by atoms with Gasteiger partial charge in [-0.05, 0) is 25.0 Å². The molecule has 0 fully saturated rings. The summed E-state index contributed by atoms with van der Waals surface area (Å²) in [7, 11) is 0. The van der Waals surface area contributed by atoms with Crippen LogP contribution in [-0.4, -0.2) is 37.7 Å². The normalized spacial score (nSPS) is 10.7. The third-order valence-corrected chi connectivity index (χ3v) is 2.98. The highest BCUT2D eigenvalue weighted by molar-refractivity contribution is 5.39. The van der Waals surface area contributed by atoms with Crippen LogP contribution >= 0.6 is 0 Å². The highest BCUT2D eigenvalue weighted by Crippen LogP contribution is 2.26. The van der Waals surface area contributed by atoms with Crippen molar-refractivity contribution in [2.45, 2.75) is 27.2 Å². The van der Waals surface area contributed by atoms with Crippen molar-refractivity contribution in [3.05, 3.63) is 24.3 Å². The molecule has 0 atom stereocenters. The molecule has 0 aliphatic rings. The van der Waals surface area contributed by atoms with Crippen molar-refractivity contribution in [2.24, 2.45) is 5.92 Å². The van der Waals surface area contributed by atoms with Gasteiger partial charge < -0.3 is 9.47 Å². The quantitative estimate of drug-likeness (QED) is 0.663. The molecule has 0 bridgehead atoms. The molecule has 0 aliphatic carbocycles. The maximum atomic E-state index is 8.72. The summed E-state index contributed by atoms with van der Waals surface area (Å²) in [6.45, 7) is 10.2. The van der Waals surface area contributed by atoms with Crippen LogP contribution in [0.2, 0.25) is 0 Å². The second-order valence-corrected chi connectivity index (χ2v) is 5.33. The van der Waals surface area contributed by atoms with Crippen LogP contribution in [0.4, 0.5) is 0 Å². The van der Waals surface area contributed by atoms with Crippen LogP contribution in [0.25, 0.3) is 0 Å². The zero-order valence-corrected chi connectivity index (χ0v) is 13.3. The van der Waals surface area contributed by atoms with Gasteiger partial charge in [0, 0.05) is 26.1 Å². The van der Waals surface area contributed by atoms with E-state index < -0.39 is 0 Å². The zero-order chi connectivity index (χ0) is 15.5. The lowest BCUT2D eigenvalue weighted by Crippen LogP contribution is -2.32. The van der Waals surface area contributed by atoms with Crippen molar-refractivity contribution in [1.29, 1.82) is 5.26 Å². The molecule has 1 aromatic carbocycles. The Balaban J connectivity index is 2.47. The standard InChI is InChI=1S/C17H26N2O2/c1-4-20-16-8-5-6-9-17(16)21-13-12-19(11-7-10-18)14-15(2)3/h5-6,8-9,15H,4,7,11-14H2,1-3H3. The van der Waals surface area contributed by atoms with E-state index in [1.807, 2.05) is 31.2 Å². The van der Waals surface area contributed by atoms with Gasteiger partial charge in [0.05, 0.1) is 12.7 Å². The molecule has 1 aromatic rings. The number of nitrogens with zero attached hydrogens (tertiary/aromatic N) is 2. The molecule has 0 spiro atoms. The van der Waals surface area contributed by atoms with Crippen LogP contribution in [-0.2, 0) is 0 Å². The number of hydrogen-bond donors (Lipinski definition) is 0. The lowest BCUT2D eigenvalue weighted by molar-refractivity contribution is 0.190. The number of rotatable bonds is 10. The molecule has 0 heterocycles. The smallest absolute Gasteiger partial charge is 0.161 e. The van der Waals surface area contributed by atoms with Gasteiger partial charge in [-0.25, -0.2) is 0 Å². The fraction of sp³-hybridized carbons (Fsp3) is 0.588. The van der Waals surface area contributed by atoms with Gasteiger partial charge in [-0.1, -0.05) is 26.0 Å². The Bertz CT molecular complexity index is 441. The second-order valence-electron chi connectivity index (χ2n) is 5.33. The van der Waals surface area contributed by atoms with Gasteiger partial charge in [-0.15, -0.1) is 0 Å². The molecule has 0 amide bonds. The van der Waals surface area contributed by atoms with E-state index in [-0.39, 0.29) is 0 Å². The van der Waals surface area contributed by atoms with E-state index in [0.717, 1.165) is 31.1 Å². The Labute approximate surface area is 128 Å². The first-order chi connectivity index (χ1) is 10.2. The maximum absolute atomic E-state index is 8.72. The van der Waals surface area contributed by atoms with Gasteiger partial charge in [0.25, 0.3) is 0 Å². The molecule has 0 aromatic heterocycles. The van der Waals surface area contributed by atoms with E-state index in [1.165, 1.54) is 0 Å². The SMILES string of the molecule is CCOc1ccccc1OCCN(CCC#N)CC(C)C. The predicted molar refractivity (Wildman–Crippen MR) is 84.6 cm³/mol. The van der Waals surface area contributed by atoms with Crippen LogP contribution in [0.3, 0.4) is 0 Å². The summed E-state index contributed by atoms with van der Waals surface area (Å²) in [5.41, 5.74) is 0. The molecule has 0 saturated carbocycles. The summed E-state index contributed by atoms with van der Waals surface area (Å²) in [6.07, 6.45) is 0.558. The van der Waals surface area contributed by atoms with E-state index >= 15 is 0 Å². The summed E-state index contributed by atoms with van der Waals surface area (Å²) >= 11 is 0. The van der Waals surface area contributed by atoms with Gasteiger partial charge >= 0.3 is 0 Å². The van der Waals surface area contributed by atoms with Crippen LogP contribution < -0.4 is 9.47 Å². The molecule has 4 nitrogen and oxygen atoms in total. The zero-order valence-electron chi connectivity index (χ0n) is 13.3. The van der Waals surface area contributed by atoms with Crippen LogP contribution in [0.15, 0.2) is 24.3 Å². The van der Waals surface area contributed by atoms with E-state index in [2.05, 4.69) is 24.8 Å². The Kier molecular flexibility index (Phi) is 8.30. The number of hydrogen-bond acceptors (Lipinski definition) is 4. The average Bonchev–Trinajstić information content (AvgIpc) is 2.46. The average molecular weight is 290 g/mol. The van der Waals surface area contributed by atoms with Crippen molar-refractivity contribution in [2.75, 3.05) is 32.8 Å². The second kappa shape index (κ2) is 10.1. The molecule has 0 N–H and O–H groups in total. The maximum Gasteiger partial charge on any atom is 0.161 e. The fourth-order valence-electron chi connectivity index (χ4n) is 2.15. The van der Waals surface area contributed by atoms with E-state index in [4.69, 9.17) is 14.7 Å². The highest BCUT2D eigenvalue weighted by Gasteiger charge is 2.08. The third-order valence-electron chi connectivity index (χ3n) is 2.98. The van der Waals surface area contributed by atoms with Gasteiger partial charge in [0.15, 0.2) is 11.5 Å². The fourth-order valence-corrected chi connectivity index (χ4v) is 2.15. The largest absolute Gasteiger partial charge is 0.490 e. The number of nitriles is 1. The summed E-state index contributed by atoms with van der Waals surface area (Å²) in [4.78, 5) is 2.27. The third kappa shape index (κ3) is 7.01. The minimum Gasteiger partial charge on any atom is -0.490 e.